The first-order valence-electron chi connectivity index (χ1n) is 6.00. The lowest BCUT2D eigenvalue weighted by Gasteiger charge is -2.09. The fraction of sp³-hybridized carbons (Fsp3) is 0.125. The lowest BCUT2D eigenvalue weighted by Crippen LogP contribution is -1.93. The smallest absolute Gasteiger partial charge is 0.153 e. The summed E-state index contributed by atoms with van der Waals surface area (Å²) in [4.78, 5) is 21.8. The van der Waals surface area contributed by atoms with Crippen molar-refractivity contribution in [3.8, 4) is 22.6 Å². The molecule has 2 aromatic rings. The van der Waals surface area contributed by atoms with Crippen LogP contribution in [0.5, 0.6) is 11.5 Å². The van der Waals surface area contributed by atoms with Crippen LogP contribution in [0.3, 0.4) is 0 Å². The van der Waals surface area contributed by atoms with Gasteiger partial charge in [-0.2, -0.15) is 0 Å². The average molecular weight is 270 g/mol. The quantitative estimate of drug-likeness (QED) is 0.784. The van der Waals surface area contributed by atoms with E-state index in [4.69, 9.17) is 9.47 Å². The Kier molecular flexibility index (Phi) is 4.15. The van der Waals surface area contributed by atoms with Gasteiger partial charge in [0.2, 0.25) is 0 Å². The van der Waals surface area contributed by atoms with E-state index in [2.05, 4.69) is 0 Å². The van der Waals surface area contributed by atoms with Crippen LogP contribution in [0.4, 0.5) is 0 Å². The van der Waals surface area contributed by atoms with Gasteiger partial charge in [0, 0.05) is 0 Å². The highest BCUT2D eigenvalue weighted by Crippen LogP contribution is 2.30. The zero-order chi connectivity index (χ0) is 14.5. The Morgan fingerprint density at radius 3 is 1.45 bits per heavy atom. The van der Waals surface area contributed by atoms with Crippen LogP contribution in [-0.2, 0) is 0 Å². The minimum atomic E-state index is 0.493. The van der Waals surface area contributed by atoms with Crippen molar-refractivity contribution in [2.45, 2.75) is 0 Å². The number of benzene rings is 2. The summed E-state index contributed by atoms with van der Waals surface area (Å²) in [7, 11) is 3.03. The summed E-state index contributed by atoms with van der Waals surface area (Å²) >= 11 is 0. The highest BCUT2D eigenvalue weighted by molar-refractivity contribution is 5.84. The molecule has 0 amide bonds. The molecule has 0 heterocycles. The lowest BCUT2D eigenvalue weighted by atomic mass is 10.0. The second-order valence-electron chi connectivity index (χ2n) is 4.15. The summed E-state index contributed by atoms with van der Waals surface area (Å²) in [5.74, 6) is 1.02. The van der Waals surface area contributed by atoms with Gasteiger partial charge >= 0.3 is 0 Å². The number of aldehydes is 2. The molecule has 0 N–H and O–H groups in total. The molecule has 0 radical (unpaired) electrons. The zero-order valence-corrected chi connectivity index (χ0v) is 11.3. The summed E-state index contributed by atoms with van der Waals surface area (Å²) in [5.41, 5.74) is 2.74. The van der Waals surface area contributed by atoms with E-state index in [1.165, 1.54) is 14.2 Å². The van der Waals surface area contributed by atoms with Gasteiger partial charge < -0.3 is 9.47 Å². The van der Waals surface area contributed by atoms with E-state index >= 15 is 0 Å². The number of methoxy groups -OCH3 is 2. The first kappa shape index (κ1) is 13.8. The highest BCUT2D eigenvalue weighted by atomic mass is 16.5. The van der Waals surface area contributed by atoms with Gasteiger partial charge in [0.1, 0.15) is 11.5 Å². The Labute approximate surface area is 116 Å². The summed E-state index contributed by atoms with van der Waals surface area (Å²) in [6.45, 7) is 0. The molecule has 20 heavy (non-hydrogen) atoms. The summed E-state index contributed by atoms with van der Waals surface area (Å²) < 4.78 is 10.4. The van der Waals surface area contributed by atoms with E-state index in [0.717, 1.165) is 23.7 Å². The average Bonchev–Trinajstić information content (AvgIpc) is 2.53. The van der Waals surface area contributed by atoms with E-state index in [1.54, 1.807) is 24.3 Å². The number of carbonyl (C=O) groups is 2. The molecule has 0 aliphatic heterocycles. The fourth-order valence-electron chi connectivity index (χ4n) is 1.98. The summed E-state index contributed by atoms with van der Waals surface area (Å²) in [6.07, 6.45) is 1.50. The Balaban J connectivity index is 2.51. The highest BCUT2D eigenvalue weighted by Gasteiger charge is 2.08. The van der Waals surface area contributed by atoms with E-state index in [9.17, 15) is 9.59 Å². The van der Waals surface area contributed by atoms with E-state index in [1.807, 2.05) is 12.1 Å². The van der Waals surface area contributed by atoms with E-state index in [0.29, 0.717) is 22.6 Å². The Morgan fingerprint density at radius 1 is 0.750 bits per heavy atom. The minimum Gasteiger partial charge on any atom is -0.496 e. The molecule has 0 aromatic heterocycles. The van der Waals surface area contributed by atoms with Crippen LogP contribution in [0.25, 0.3) is 11.1 Å². The van der Waals surface area contributed by atoms with Crippen molar-refractivity contribution in [2.75, 3.05) is 14.2 Å². The SMILES string of the molecule is COc1cc(-c2ccc(C=O)c(OC)c2)ccc1C=O. The molecule has 0 atom stereocenters. The molecule has 4 heteroatoms. The van der Waals surface area contributed by atoms with Crippen LogP contribution < -0.4 is 9.47 Å². The molecule has 0 unspecified atom stereocenters. The molecule has 102 valence electrons. The summed E-state index contributed by atoms with van der Waals surface area (Å²) in [5, 5.41) is 0. The molecule has 2 aromatic carbocycles. The van der Waals surface area contributed by atoms with Crippen LogP contribution in [-0.4, -0.2) is 26.8 Å². The first-order valence-corrected chi connectivity index (χ1v) is 6.00. The maximum Gasteiger partial charge on any atom is 0.153 e. The van der Waals surface area contributed by atoms with Gasteiger partial charge in [0.05, 0.1) is 25.3 Å². The largest absolute Gasteiger partial charge is 0.496 e. The van der Waals surface area contributed by atoms with Crippen molar-refractivity contribution in [2.24, 2.45) is 0 Å². The van der Waals surface area contributed by atoms with Crippen LogP contribution in [0.1, 0.15) is 20.7 Å². The van der Waals surface area contributed by atoms with Gasteiger partial charge in [-0.25, -0.2) is 0 Å². The van der Waals surface area contributed by atoms with Gasteiger partial charge in [0.25, 0.3) is 0 Å². The molecular weight excluding hydrogens is 256 g/mol. The zero-order valence-electron chi connectivity index (χ0n) is 11.3. The molecule has 0 saturated heterocycles. The van der Waals surface area contributed by atoms with Crippen LogP contribution in [0.15, 0.2) is 36.4 Å². The lowest BCUT2D eigenvalue weighted by molar-refractivity contribution is 0.111. The number of rotatable bonds is 5. The van der Waals surface area contributed by atoms with Gasteiger partial charge in [-0.1, -0.05) is 12.1 Å². The predicted molar refractivity (Wildman–Crippen MR) is 75.8 cm³/mol. The van der Waals surface area contributed by atoms with E-state index < -0.39 is 0 Å². The van der Waals surface area contributed by atoms with Gasteiger partial charge in [-0.05, 0) is 35.4 Å². The Bertz CT molecular complexity index is 589. The number of hydrogen-bond acceptors (Lipinski definition) is 4. The standard InChI is InChI=1S/C16H14O4/c1-19-15-7-11(3-5-13(15)9-17)12-4-6-14(10-18)16(8-12)20-2/h3-10H,1-2H3. The number of hydrogen-bond donors (Lipinski definition) is 0. The maximum absolute atomic E-state index is 10.9. The summed E-state index contributed by atoms with van der Waals surface area (Å²) in [6, 6.07) is 10.6. The topological polar surface area (TPSA) is 52.6 Å². The van der Waals surface area contributed by atoms with Gasteiger partial charge in [-0.3, -0.25) is 9.59 Å². The molecule has 0 fully saturated rings. The molecule has 4 nitrogen and oxygen atoms in total. The van der Waals surface area contributed by atoms with Crippen molar-refractivity contribution in [1.29, 1.82) is 0 Å². The fourth-order valence-corrected chi connectivity index (χ4v) is 1.98. The molecule has 0 aliphatic rings. The Morgan fingerprint density at radius 2 is 1.15 bits per heavy atom. The molecule has 0 aliphatic carbocycles. The molecule has 0 spiro atoms. The van der Waals surface area contributed by atoms with Crippen molar-refractivity contribution in [1.82, 2.24) is 0 Å². The van der Waals surface area contributed by atoms with Crippen LogP contribution >= 0.6 is 0 Å². The monoisotopic (exact) mass is 270 g/mol. The van der Waals surface area contributed by atoms with Crippen molar-refractivity contribution < 1.29 is 19.1 Å². The van der Waals surface area contributed by atoms with Crippen LogP contribution in [0, 0.1) is 0 Å². The predicted octanol–water partition coefficient (Wildman–Crippen LogP) is 3.00. The number of carbonyl (C=O) groups excluding carboxylic acids is 2. The maximum atomic E-state index is 10.9. The second-order valence-corrected chi connectivity index (χ2v) is 4.15. The third-order valence-electron chi connectivity index (χ3n) is 3.05. The van der Waals surface area contributed by atoms with Crippen molar-refractivity contribution in [3.63, 3.8) is 0 Å². The van der Waals surface area contributed by atoms with Crippen LogP contribution in [0.2, 0.25) is 0 Å². The third kappa shape index (κ3) is 2.54. The second kappa shape index (κ2) is 6.02. The van der Waals surface area contributed by atoms with Crippen molar-refractivity contribution >= 4 is 12.6 Å². The number of ether oxygens (including phenoxy) is 2. The molecule has 0 saturated carbocycles. The third-order valence-corrected chi connectivity index (χ3v) is 3.05. The molecular formula is C16H14O4. The first-order chi connectivity index (χ1) is 9.73. The normalized spacial score (nSPS) is 9.90. The van der Waals surface area contributed by atoms with Crippen molar-refractivity contribution in [3.05, 3.63) is 47.5 Å². The minimum absolute atomic E-state index is 0.493. The van der Waals surface area contributed by atoms with E-state index in [-0.39, 0.29) is 0 Å². The molecule has 0 bridgehead atoms. The Hall–Kier alpha value is -2.62. The van der Waals surface area contributed by atoms with Gasteiger partial charge in [0.15, 0.2) is 12.6 Å². The molecule has 2 rings (SSSR count). The van der Waals surface area contributed by atoms with Gasteiger partial charge in [-0.15, -0.1) is 0 Å².